The smallest absolute Gasteiger partial charge is 0.328 e. The molecule has 6 heteroatoms. The SMILES string of the molecule is COC(=O)[C@@H](Cc1ccc(OCc2ccccc2)cc1)NC(=O)c1ccnc2ccccc12. The van der Waals surface area contributed by atoms with E-state index in [4.69, 9.17) is 9.47 Å². The summed E-state index contributed by atoms with van der Waals surface area (Å²) in [7, 11) is 1.31. The van der Waals surface area contributed by atoms with Crippen molar-refractivity contribution in [2.45, 2.75) is 19.1 Å². The van der Waals surface area contributed by atoms with E-state index in [-0.39, 0.29) is 5.91 Å². The average Bonchev–Trinajstić information content (AvgIpc) is 2.87. The Bertz CT molecular complexity index is 1230. The van der Waals surface area contributed by atoms with Gasteiger partial charge in [0.1, 0.15) is 18.4 Å². The van der Waals surface area contributed by atoms with E-state index in [0.29, 0.717) is 24.1 Å². The third-order valence-electron chi connectivity index (χ3n) is 5.30. The molecular weight excluding hydrogens is 416 g/mol. The molecule has 166 valence electrons. The molecule has 4 aromatic rings. The van der Waals surface area contributed by atoms with E-state index in [2.05, 4.69) is 10.3 Å². The summed E-state index contributed by atoms with van der Waals surface area (Å²) in [5.74, 6) is -0.137. The number of nitrogens with zero attached hydrogens (tertiary/aromatic N) is 1. The molecule has 1 N–H and O–H groups in total. The second-order valence-corrected chi connectivity index (χ2v) is 7.55. The quantitative estimate of drug-likeness (QED) is 0.413. The maximum atomic E-state index is 13.0. The molecule has 0 fully saturated rings. The number of fused-ring (bicyclic) bond motifs is 1. The molecule has 1 amide bonds. The number of nitrogens with one attached hydrogen (secondary N) is 1. The molecule has 0 spiro atoms. The van der Waals surface area contributed by atoms with Gasteiger partial charge in [-0.1, -0.05) is 60.7 Å². The fourth-order valence-corrected chi connectivity index (χ4v) is 3.56. The molecule has 33 heavy (non-hydrogen) atoms. The Morgan fingerprint density at radius 2 is 1.61 bits per heavy atom. The Balaban J connectivity index is 1.44. The lowest BCUT2D eigenvalue weighted by atomic mass is 10.0. The molecule has 1 atom stereocenters. The highest BCUT2D eigenvalue weighted by molar-refractivity contribution is 6.07. The van der Waals surface area contributed by atoms with Gasteiger partial charge in [-0.3, -0.25) is 9.78 Å². The van der Waals surface area contributed by atoms with Gasteiger partial charge in [-0.2, -0.15) is 0 Å². The Kier molecular flexibility index (Phi) is 6.95. The molecule has 0 aliphatic rings. The number of benzene rings is 3. The highest BCUT2D eigenvalue weighted by Crippen LogP contribution is 2.18. The third kappa shape index (κ3) is 5.54. The number of carbonyl (C=O) groups is 2. The van der Waals surface area contributed by atoms with Crippen molar-refractivity contribution in [2.75, 3.05) is 7.11 Å². The highest BCUT2D eigenvalue weighted by Gasteiger charge is 2.23. The second kappa shape index (κ2) is 10.4. The summed E-state index contributed by atoms with van der Waals surface area (Å²) in [6.45, 7) is 0.473. The third-order valence-corrected chi connectivity index (χ3v) is 5.30. The molecule has 0 unspecified atom stereocenters. The Labute approximate surface area is 192 Å². The van der Waals surface area contributed by atoms with E-state index in [1.807, 2.05) is 78.9 Å². The zero-order chi connectivity index (χ0) is 23.0. The Hall–Kier alpha value is -4.19. The van der Waals surface area contributed by atoms with Crippen LogP contribution in [0.1, 0.15) is 21.5 Å². The number of ether oxygens (including phenoxy) is 2. The van der Waals surface area contributed by atoms with Crippen LogP contribution in [0.2, 0.25) is 0 Å². The highest BCUT2D eigenvalue weighted by atomic mass is 16.5. The summed E-state index contributed by atoms with van der Waals surface area (Å²) in [5, 5.41) is 3.54. The van der Waals surface area contributed by atoms with Crippen molar-refractivity contribution in [3.8, 4) is 5.75 Å². The molecule has 1 aromatic heterocycles. The van der Waals surface area contributed by atoms with Crippen LogP contribution in [0.4, 0.5) is 0 Å². The summed E-state index contributed by atoms with van der Waals surface area (Å²) in [6.07, 6.45) is 1.87. The van der Waals surface area contributed by atoms with Gasteiger partial charge in [0.2, 0.25) is 0 Å². The lowest BCUT2D eigenvalue weighted by Crippen LogP contribution is -2.43. The van der Waals surface area contributed by atoms with Crippen LogP contribution in [0.5, 0.6) is 5.75 Å². The van der Waals surface area contributed by atoms with Crippen LogP contribution < -0.4 is 10.1 Å². The minimum absolute atomic E-state index is 0.292. The van der Waals surface area contributed by atoms with Crippen molar-refractivity contribution in [1.82, 2.24) is 10.3 Å². The van der Waals surface area contributed by atoms with E-state index >= 15 is 0 Å². The molecule has 0 bridgehead atoms. The Morgan fingerprint density at radius 1 is 0.879 bits per heavy atom. The van der Waals surface area contributed by atoms with Gasteiger partial charge in [0, 0.05) is 18.0 Å². The molecule has 0 radical (unpaired) electrons. The number of amides is 1. The van der Waals surface area contributed by atoms with Crippen LogP contribution in [0.25, 0.3) is 10.9 Å². The first-order chi connectivity index (χ1) is 16.1. The molecule has 1 heterocycles. The Morgan fingerprint density at radius 3 is 2.36 bits per heavy atom. The van der Waals surface area contributed by atoms with Crippen LogP contribution >= 0.6 is 0 Å². The van der Waals surface area contributed by atoms with Crippen molar-refractivity contribution >= 4 is 22.8 Å². The first-order valence-electron chi connectivity index (χ1n) is 10.6. The zero-order valence-electron chi connectivity index (χ0n) is 18.2. The van der Waals surface area contributed by atoms with Gasteiger partial charge in [-0.05, 0) is 35.4 Å². The minimum atomic E-state index is -0.828. The number of rotatable bonds is 8. The van der Waals surface area contributed by atoms with Gasteiger partial charge in [0.15, 0.2) is 0 Å². The number of hydrogen-bond donors (Lipinski definition) is 1. The molecule has 3 aromatic carbocycles. The minimum Gasteiger partial charge on any atom is -0.489 e. The number of esters is 1. The topological polar surface area (TPSA) is 77.5 Å². The van der Waals surface area contributed by atoms with E-state index in [0.717, 1.165) is 22.3 Å². The zero-order valence-corrected chi connectivity index (χ0v) is 18.2. The van der Waals surface area contributed by atoms with Gasteiger partial charge in [0.05, 0.1) is 18.2 Å². The summed E-state index contributed by atoms with van der Waals surface area (Å²) >= 11 is 0. The summed E-state index contributed by atoms with van der Waals surface area (Å²) < 4.78 is 10.7. The largest absolute Gasteiger partial charge is 0.489 e. The van der Waals surface area contributed by atoms with E-state index < -0.39 is 12.0 Å². The number of methoxy groups -OCH3 is 1. The maximum absolute atomic E-state index is 13.0. The number of carbonyl (C=O) groups excluding carboxylic acids is 2. The molecule has 4 rings (SSSR count). The number of pyridine rings is 1. The summed E-state index contributed by atoms with van der Waals surface area (Å²) in [5.41, 5.74) is 3.13. The standard InChI is InChI=1S/C27H24N2O4/c1-32-27(31)25(29-26(30)23-15-16-28-24-10-6-5-9-22(23)24)17-19-11-13-21(14-12-19)33-18-20-7-3-2-4-8-20/h2-16,25H,17-18H2,1H3,(H,29,30)/t25-/m1/s1. The molecule has 0 aliphatic heterocycles. The maximum Gasteiger partial charge on any atom is 0.328 e. The molecule has 0 saturated heterocycles. The van der Waals surface area contributed by atoms with Crippen LogP contribution in [0.3, 0.4) is 0 Å². The average molecular weight is 440 g/mol. The van der Waals surface area contributed by atoms with Crippen LogP contribution in [0.15, 0.2) is 91.1 Å². The van der Waals surface area contributed by atoms with Gasteiger partial charge < -0.3 is 14.8 Å². The molecule has 0 aliphatic carbocycles. The van der Waals surface area contributed by atoms with Crippen molar-refractivity contribution in [3.63, 3.8) is 0 Å². The van der Waals surface area contributed by atoms with Gasteiger partial charge in [0.25, 0.3) is 5.91 Å². The molecular formula is C27H24N2O4. The molecule has 6 nitrogen and oxygen atoms in total. The van der Waals surface area contributed by atoms with Crippen molar-refractivity contribution in [2.24, 2.45) is 0 Å². The fourth-order valence-electron chi connectivity index (χ4n) is 3.56. The van der Waals surface area contributed by atoms with E-state index in [1.54, 1.807) is 12.3 Å². The summed E-state index contributed by atoms with van der Waals surface area (Å²) in [4.78, 5) is 29.7. The van der Waals surface area contributed by atoms with Crippen LogP contribution in [-0.4, -0.2) is 30.0 Å². The normalized spacial score (nSPS) is 11.5. The fraction of sp³-hybridized carbons (Fsp3) is 0.148. The van der Waals surface area contributed by atoms with Crippen molar-refractivity contribution in [3.05, 3.63) is 108 Å². The van der Waals surface area contributed by atoms with Gasteiger partial charge in [-0.15, -0.1) is 0 Å². The second-order valence-electron chi connectivity index (χ2n) is 7.55. The van der Waals surface area contributed by atoms with Gasteiger partial charge in [-0.25, -0.2) is 4.79 Å². The predicted molar refractivity (Wildman–Crippen MR) is 126 cm³/mol. The number of aromatic nitrogens is 1. The number of hydrogen-bond acceptors (Lipinski definition) is 5. The lowest BCUT2D eigenvalue weighted by molar-refractivity contribution is -0.142. The van der Waals surface area contributed by atoms with Crippen LogP contribution in [0, 0.1) is 0 Å². The molecule has 0 saturated carbocycles. The predicted octanol–water partition coefficient (Wildman–Crippen LogP) is 4.33. The first-order valence-corrected chi connectivity index (χ1v) is 10.6. The van der Waals surface area contributed by atoms with Gasteiger partial charge >= 0.3 is 5.97 Å². The monoisotopic (exact) mass is 440 g/mol. The van der Waals surface area contributed by atoms with Crippen LogP contribution in [-0.2, 0) is 22.6 Å². The van der Waals surface area contributed by atoms with E-state index in [9.17, 15) is 9.59 Å². The lowest BCUT2D eigenvalue weighted by Gasteiger charge is -2.17. The van der Waals surface area contributed by atoms with Crippen molar-refractivity contribution < 1.29 is 19.1 Å². The number of para-hydroxylation sites is 1. The van der Waals surface area contributed by atoms with E-state index in [1.165, 1.54) is 7.11 Å². The summed E-state index contributed by atoms with van der Waals surface area (Å²) in [6, 6.07) is 25.6. The first kappa shape index (κ1) is 22.0. The van der Waals surface area contributed by atoms with Crippen molar-refractivity contribution in [1.29, 1.82) is 0 Å².